The van der Waals surface area contributed by atoms with Crippen LogP contribution in [-0.4, -0.2) is 16.7 Å². The molecule has 0 spiro atoms. The molecule has 0 saturated carbocycles. The molecule has 3 N–H and O–H groups in total. The van der Waals surface area contributed by atoms with Gasteiger partial charge in [-0.25, -0.2) is 5.43 Å². The van der Waals surface area contributed by atoms with Crippen LogP contribution >= 0.6 is 15.9 Å². The van der Waals surface area contributed by atoms with E-state index in [0.29, 0.717) is 11.3 Å². The molecule has 0 atom stereocenters. The van der Waals surface area contributed by atoms with Crippen LogP contribution < -0.4 is 11.2 Å². The lowest BCUT2D eigenvalue weighted by Crippen LogP contribution is -2.19. The molecule has 26 heavy (non-hydrogen) atoms. The maximum atomic E-state index is 12.2. The average molecular weight is 411 g/mol. The number of aromatic nitrogens is 1. The highest BCUT2D eigenvalue weighted by molar-refractivity contribution is 9.10. The van der Waals surface area contributed by atoms with E-state index in [0.717, 1.165) is 27.1 Å². The first-order chi connectivity index (χ1) is 12.5. The minimum atomic E-state index is -0.333. The summed E-state index contributed by atoms with van der Waals surface area (Å²) in [6.45, 7) is 4.06. The maximum Gasteiger partial charge on any atom is 0.273 e. The van der Waals surface area contributed by atoms with Crippen LogP contribution in [0.5, 0.6) is 0 Å². The Hall–Kier alpha value is -2.86. The second-order valence-corrected chi connectivity index (χ2v) is 6.84. The Bertz CT molecular complexity index is 991. The molecule has 3 aromatic rings. The number of amides is 1. The van der Waals surface area contributed by atoms with E-state index in [1.54, 1.807) is 30.5 Å². The van der Waals surface area contributed by atoms with Gasteiger partial charge in [-0.05, 0) is 50.2 Å². The number of anilines is 1. The minimum absolute atomic E-state index is 0.333. The highest BCUT2D eigenvalue weighted by Gasteiger charge is 2.10. The van der Waals surface area contributed by atoms with E-state index < -0.39 is 0 Å². The number of nitrogens with two attached hydrogens (primary N) is 1. The fourth-order valence-corrected chi connectivity index (χ4v) is 3.24. The smallest absolute Gasteiger partial charge is 0.273 e. The average Bonchev–Trinajstić information content (AvgIpc) is 2.89. The van der Waals surface area contributed by atoms with Gasteiger partial charge < -0.3 is 10.3 Å². The van der Waals surface area contributed by atoms with Crippen LogP contribution in [0.15, 0.2) is 64.2 Å². The van der Waals surface area contributed by atoms with Gasteiger partial charge in [-0.2, -0.15) is 5.10 Å². The maximum absolute atomic E-state index is 12.2. The normalized spacial score (nSPS) is 11.0. The summed E-state index contributed by atoms with van der Waals surface area (Å²) in [6, 6.07) is 17.0. The number of nitrogen functional groups attached to an aromatic ring is 1. The monoisotopic (exact) mass is 410 g/mol. The fourth-order valence-electron chi connectivity index (χ4n) is 2.86. The summed E-state index contributed by atoms with van der Waals surface area (Å²) in [5.74, 6) is -0.333. The van der Waals surface area contributed by atoms with Gasteiger partial charge in [-0.3, -0.25) is 4.79 Å². The number of benzene rings is 2. The van der Waals surface area contributed by atoms with Crippen LogP contribution in [0.3, 0.4) is 0 Å². The molecule has 1 aromatic heterocycles. The van der Waals surface area contributed by atoms with Crippen molar-refractivity contribution in [3.05, 3.63) is 81.6 Å². The molecule has 0 bridgehead atoms. The molecular formula is C20H19BrN4O. The Morgan fingerprint density at radius 2 is 1.92 bits per heavy atom. The molecular weight excluding hydrogens is 392 g/mol. The highest BCUT2D eigenvalue weighted by Crippen LogP contribution is 2.22. The van der Waals surface area contributed by atoms with Crippen molar-refractivity contribution < 1.29 is 4.79 Å². The molecule has 1 amide bonds. The molecule has 2 aromatic carbocycles. The van der Waals surface area contributed by atoms with Gasteiger partial charge in [-0.1, -0.05) is 34.1 Å². The van der Waals surface area contributed by atoms with E-state index in [-0.39, 0.29) is 5.91 Å². The number of rotatable bonds is 4. The highest BCUT2D eigenvalue weighted by atomic mass is 79.9. The zero-order valence-corrected chi connectivity index (χ0v) is 16.1. The Morgan fingerprint density at radius 3 is 2.65 bits per heavy atom. The summed E-state index contributed by atoms with van der Waals surface area (Å²) in [6.07, 6.45) is 1.65. The lowest BCUT2D eigenvalue weighted by Gasteiger charge is -2.09. The molecule has 3 rings (SSSR count). The van der Waals surface area contributed by atoms with Crippen molar-refractivity contribution in [2.75, 3.05) is 5.73 Å². The van der Waals surface area contributed by atoms with E-state index in [9.17, 15) is 4.79 Å². The standard InChI is InChI=1S/C20H19BrN4O/c1-13-10-15(14(2)25(13)17-7-5-6-16(21)11-17)12-23-24-20(26)18-8-3-4-9-19(18)22/h3-12H,22H2,1-2H3,(H,24,26)/b23-12-. The third-order valence-corrected chi connectivity index (χ3v) is 4.61. The number of nitrogens with zero attached hydrogens (tertiary/aromatic N) is 2. The van der Waals surface area contributed by atoms with Crippen LogP contribution in [0.2, 0.25) is 0 Å². The second kappa shape index (κ2) is 7.58. The first kappa shape index (κ1) is 17.9. The van der Waals surface area contributed by atoms with Crippen LogP contribution in [0.25, 0.3) is 5.69 Å². The molecule has 0 aliphatic rings. The number of para-hydroxylation sites is 1. The number of hydrogen-bond donors (Lipinski definition) is 2. The van der Waals surface area contributed by atoms with Crippen molar-refractivity contribution in [2.24, 2.45) is 5.10 Å². The van der Waals surface area contributed by atoms with Crippen molar-refractivity contribution in [3.8, 4) is 5.69 Å². The molecule has 6 heteroatoms. The van der Waals surface area contributed by atoms with Crippen molar-refractivity contribution >= 4 is 33.7 Å². The molecule has 0 radical (unpaired) electrons. The van der Waals surface area contributed by atoms with Crippen LogP contribution in [0.1, 0.15) is 27.3 Å². The molecule has 5 nitrogen and oxygen atoms in total. The third-order valence-electron chi connectivity index (χ3n) is 4.11. The van der Waals surface area contributed by atoms with Gasteiger partial charge >= 0.3 is 0 Å². The fraction of sp³-hybridized carbons (Fsp3) is 0.100. The van der Waals surface area contributed by atoms with Gasteiger partial charge in [0.15, 0.2) is 0 Å². The number of hydrazone groups is 1. The lowest BCUT2D eigenvalue weighted by molar-refractivity contribution is 0.0956. The van der Waals surface area contributed by atoms with E-state index in [1.807, 2.05) is 38.1 Å². The first-order valence-electron chi connectivity index (χ1n) is 8.10. The molecule has 132 valence electrons. The molecule has 0 aliphatic carbocycles. The van der Waals surface area contributed by atoms with Gasteiger partial charge in [0, 0.05) is 32.8 Å². The van der Waals surface area contributed by atoms with Gasteiger partial charge in [0.2, 0.25) is 0 Å². The number of nitrogens with one attached hydrogen (secondary N) is 1. The van der Waals surface area contributed by atoms with Crippen LogP contribution in [-0.2, 0) is 0 Å². The molecule has 0 saturated heterocycles. The van der Waals surface area contributed by atoms with Gasteiger partial charge in [-0.15, -0.1) is 0 Å². The Morgan fingerprint density at radius 1 is 1.15 bits per heavy atom. The van der Waals surface area contributed by atoms with Gasteiger partial charge in [0.1, 0.15) is 0 Å². The summed E-state index contributed by atoms with van der Waals surface area (Å²) in [7, 11) is 0. The lowest BCUT2D eigenvalue weighted by atomic mass is 10.2. The Labute approximate surface area is 160 Å². The number of carbonyl (C=O) groups excluding carboxylic acids is 1. The number of halogens is 1. The van der Waals surface area contributed by atoms with E-state index in [1.165, 1.54) is 0 Å². The Balaban J connectivity index is 1.81. The van der Waals surface area contributed by atoms with Crippen molar-refractivity contribution in [3.63, 3.8) is 0 Å². The topological polar surface area (TPSA) is 72.4 Å². The van der Waals surface area contributed by atoms with Gasteiger partial charge in [0.05, 0.1) is 11.8 Å². The first-order valence-corrected chi connectivity index (χ1v) is 8.89. The molecule has 0 fully saturated rings. The van der Waals surface area contributed by atoms with Crippen molar-refractivity contribution in [1.82, 2.24) is 9.99 Å². The predicted molar refractivity (Wildman–Crippen MR) is 109 cm³/mol. The third kappa shape index (κ3) is 3.70. The number of aryl methyl sites for hydroxylation is 1. The van der Waals surface area contributed by atoms with Crippen LogP contribution in [0.4, 0.5) is 5.69 Å². The van der Waals surface area contributed by atoms with Crippen LogP contribution in [0, 0.1) is 13.8 Å². The number of carbonyl (C=O) groups is 1. The zero-order valence-electron chi connectivity index (χ0n) is 14.5. The van der Waals surface area contributed by atoms with E-state index in [4.69, 9.17) is 5.73 Å². The zero-order chi connectivity index (χ0) is 18.7. The summed E-state index contributed by atoms with van der Waals surface area (Å²) in [5.41, 5.74) is 13.3. The Kier molecular flexibility index (Phi) is 5.23. The summed E-state index contributed by atoms with van der Waals surface area (Å²) < 4.78 is 3.16. The van der Waals surface area contributed by atoms with E-state index in [2.05, 4.69) is 37.1 Å². The quantitative estimate of drug-likeness (QED) is 0.384. The number of hydrogen-bond acceptors (Lipinski definition) is 3. The van der Waals surface area contributed by atoms with Crippen molar-refractivity contribution in [2.45, 2.75) is 13.8 Å². The predicted octanol–water partition coefficient (Wildman–Crippen LogP) is 4.20. The SMILES string of the molecule is Cc1cc(/C=N\NC(=O)c2ccccc2N)c(C)n1-c1cccc(Br)c1. The minimum Gasteiger partial charge on any atom is -0.398 e. The van der Waals surface area contributed by atoms with Crippen molar-refractivity contribution in [1.29, 1.82) is 0 Å². The largest absolute Gasteiger partial charge is 0.398 e. The van der Waals surface area contributed by atoms with Gasteiger partial charge in [0.25, 0.3) is 5.91 Å². The second-order valence-electron chi connectivity index (χ2n) is 5.93. The van der Waals surface area contributed by atoms with E-state index >= 15 is 0 Å². The molecule has 0 unspecified atom stereocenters. The summed E-state index contributed by atoms with van der Waals surface area (Å²) >= 11 is 3.50. The molecule has 1 heterocycles. The summed E-state index contributed by atoms with van der Waals surface area (Å²) in [5, 5.41) is 4.08. The molecule has 0 aliphatic heterocycles. The summed E-state index contributed by atoms with van der Waals surface area (Å²) in [4.78, 5) is 12.2.